The number of nitrogens with zero attached hydrogens (tertiary/aromatic N) is 1. The van der Waals surface area contributed by atoms with Gasteiger partial charge in [-0.2, -0.15) is 4.99 Å². The lowest BCUT2D eigenvalue weighted by molar-refractivity contribution is 0.0220. The summed E-state index contributed by atoms with van der Waals surface area (Å²) < 4.78 is 0.913. The topological polar surface area (TPSA) is 49.7 Å². The molecule has 4 heteroatoms. The zero-order valence-electron chi connectivity index (χ0n) is 7.98. The van der Waals surface area contributed by atoms with Gasteiger partial charge in [-0.25, -0.2) is 4.79 Å². The molecule has 3 nitrogen and oxygen atoms in total. The van der Waals surface area contributed by atoms with Gasteiger partial charge in [-0.15, -0.1) is 0 Å². The first-order valence-electron chi connectivity index (χ1n) is 4.70. The maximum absolute atomic E-state index is 10.4. The van der Waals surface area contributed by atoms with Crippen molar-refractivity contribution in [3.05, 3.63) is 34.3 Å². The van der Waals surface area contributed by atoms with Crippen LogP contribution in [-0.2, 0) is 10.3 Å². The number of aliphatic hydroxyl groups is 1. The highest BCUT2D eigenvalue weighted by Crippen LogP contribution is 2.47. The van der Waals surface area contributed by atoms with Crippen molar-refractivity contribution in [2.45, 2.75) is 24.5 Å². The largest absolute Gasteiger partial charge is 0.393 e. The monoisotopic (exact) mass is 267 g/mol. The van der Waals surface area contributed by atoms with Gasteiger partial charge in [-0.05, 0) is 11.6 Å². The zero-order chi connectivity index (χ0) is 10.9. The summed E-state index contributed by atoms with van der Waals surface area (Å²) in [6, 6.07) is 7.62. The molecule has 0 bridgehead atoms. The Morgan fingerprint density at radius 2 is 2.13 bits per heavy atom. The molecule has 0 amide bonds. The molecule has 1 aliphatic carbocycles. The number of isocyanates is 1. The molecule has 0 aromatic heterocycles. The number of aliphatic imine (C=N–C) groups is 1. The molecule has 1 aliphatic rings. The van der Waals surface area contributed by atoms with Crippen LogP contribution in [0.5, 0.6) is 0 Å². The van der Waals surface area contributed by atoms with Crippen LogP contribution in [0.2, 0.25) is 0 Å². The fourth-order valence-corrected chi connectivity index (χ4v) is 2.67. The van der Waals surface area contributed by atoms with E-state index < -0.39 is 5.54 Å². The van der Waals surface area contributed by atoms with Crippen molar-refractivity contribution < 1.29 is 9.90 Å². The fraction of sp³-hybridized carbons (Fsp3) is 0.364. The Hall–Kier alpha value is -0.960. The summed E-state index contributed by atoms with van der Waals surface area (Å²) in [5.41, 5.74) is 0.375. The first-order valence-corrected chi connectivity index (χ1v) is 5.49. The van der Waals surface area contributed by atoms with Gasteiger partial charge in [0.25, 0.3) is 0 Å². The normalized spacial score (nSPS) is 29.1. The number of hydrogen-bond donors (Lipinski definition) is 1. The molecule has 1 aromatic rings. The van der Waals surface area contributed by atoms with Crippen LogP contribution in [0, 0.1) is 0 Å². The van der Waals surface area contributed by atoms with E-state index in [0.29, 0.717) is 12.8 Å². The lowest BCUT2D eigenvalue weighted by atomic mass is 9.70. The molecule has 1 N–H and O–H groups in total. The van der Waals surface area contributed by atoms with E-state index in [1.54, 1.807) is 6.08 Å². The second kappa shape index (κ2) is 3.89. The maximum atomic E-state index is 10.4. The lowest BCUT2D eigenvalue weighted by Gasteiger charge is -2.41. The van der Waals surface area contributed by atoms with Crippen LogP contribution < -0.4 is 0 Å². The lowest BCUT2D eigenvalue weighted by Crippen LogP contribution is -2.43. The van der Waals surface area contributed by atoms with Crippen molar-refractivity contribution in [1.29, 1.82) is 0 Å². The summed E-state index contributed by atoms with van der Waals surface area (Å²) in [6.07, 6.45) is 2.22. The average molecular weight is 268 g/mol. The second-order valence-electron chi connectivity index (χ2n) is 3.78. The molecule has 0 heterocycles. The molecule has 2 rings (SSSR count). The molecule has 78 valence electrons. The Kier molecular flexibility index (Phi) is 2.74. The number of rotatable bonds is 2. The highest BCUT2D eigenvalue weighted by atomic mass is 79.9. The molecule has 1 fully saturated rings. The molecule has 0 saturated heterocycles. The molecule has 0 radical (unpaired) electrons. The van der Waals surface area contributed by atoms with E-state index in [2.05, 4.69) is 20.9 Å². The molecule has 0 aliphatic heterocycles. The maximum Gasteiger partial charge on any atom is 0.235 e. The van der Waals surface area contributed by atoms with Gasteiger partial charge >= 0.3 is 0 Å². The number of halogens is 1. The molecule has 0 atom stereocenters. The standard InChI is InChI=1S/C11H10BrNO2/c12-10-4-2-1-3-9(10)11(13-7-14)5-8(15)6-11/h1-4,8,15H,5-6H2. The van der Waals surface area contributed by atoms with Crippen LogP contribution in [0.3, 0.4) is 0 Å². The van der Waals surface area contributed by atoms with Crippen LogP contribution in [0.1, 0.15) is 18.4 Å². The van der Waals surface area contributed by atoms with Crippen molar-refractivity contribution in [2.24, 2.45) is 4.99 Å². The number of hydrogen-bond acceptors (Lipinski definition) is 3. The number of aliphatic hydroxyl groups excluding tert-OH is 1. The van der Waals surface area contributed by atoms with E-state index in [1.807, 2.05) is 24.3 Å². The average Bonchev–Trinajstić information content (AvgIpc) is 2.16. The van der Waals surface area contributed by atoms with E-state index in [1.165, 1.54) is 0 Å². The van der Waals surface area contributed by atoms with Crippen LogP contribution in [0.4, 0.5) is 0 Å². The quantitative estimate of drug-likeness (QED) is 0.659. The van der Waals surface area contributed by atoms with E-state index >= 15 is 0 Å². The minimum atomic E-state index is -0.568. The summed E-state index contributed by atoms with van der Waals surface area (Å²) in [5, 5.41) is 9.36. The van der Waals surface area contributed by atoms with Crippen molar-refractivity contribution >= 4 is 22.0 Å². The molecular formula is C11H10BrNO2. The van der Waals surface area contributed by atoms with Crippen molar-refractivity contribution in [3.63, 3.8) is 0 Å². The minimum Gasteiger partial charge on any atom is -0.393 e. The number of carbonyl (C=O) groups excluding carboxylic acids is 1. The Labute approximate surface area is 96.0 Å². The Morgan fingerprint density at radius 3 is 2.67 bits per heavy atom. The van der Waals surface area contributed by atoms with E-state index in [0.717, 1.165) is 10.0 Å². The molecule has 0 spiro atoms. The second-order valence-corrected chi connectivity index (χ2v) is 4.63. The molecule has 15 heavy (non-hydrogen) atoms. The third-order valence-electron chi connectivity index (χ3n) is 2.78. The molecular weight excluding hydrogens is 258 g/mol. The van der Waals surface area contributed by atoms with Gasteiger partial charge < -0.3 is 5.11 Å². The third-order valence-corrected chi connectivity index (χ3v) is 3.47. The Bertz CT molecular complexity index is 420. The van der Waals surface area contributed by atoms with Gasteiger partial charge in [0.05, 0.1) is 6.10 Å². The van der Waals surface area contributed by atoms with Gasteiger partial charge in [0, 0.05) is 17.3 Å². The van der Waals surface area contributed by atoms with Crippen LogP contribution in [0.25, 0.3) is 0 Å². The highest BCUT2D eigenvalue weighted by Gasteiger charge is 2.46. The van der Waals surface area contributed by atoms with Crippen molar-refractivity contribution in [3.8, 4) is 0 Å². The van der Waals surface area contributed by atoms with Gasteiger partial charge in [-0.1, -0.05) is 34.1 Å². The summed E-state index contributed by atoms with van der Waals surface area (Å²) in [4.78, 5) is 14.3. The van der Waals surface area contributed by atoms with Gasteiger partial charge in [0.1, 0.15) is 5.54 Å². The zero-order valence-corrected chi connectivity index (χ0v) is 9.57. The Balaban J connectivity index is 2.43. The third kappa shape index (κ3) is 1.76. The smallest absolute Gasteiger partial charge is 0.235 e. The summed E-state index contributed by atoms with van der Waals surface area (Å²) in [5.74, 6) is 0. The molecule has 1 saturated carbocycles. The van der Waals surface area contributed by atoms with Crippen LogP contribution in [0.15, 0.2) is 33.7 Å². The number of benzene rings is 1. The first-order chi connectivity index (χ1) is 7.18. The van der Waals surface area contributed by atoms with E-state index in [4.69, 9.17) is 0 Å². The predicted molar refractivity (Wildman–Crippen MR) is 59.2 cm³/mol. The summed E-state index contributed by atoms with van der Waals surface area (Å²) in [6.45, 7) is 0. The Morgan fingerprint density at radius 1 is 1.47 bits per heavy atom. The van der Waals surface area contributed by atoms with Crippen LogP contribution in [-0.4, -0.2) is 17.3 Å². The summed E-state index contributed by atoms with van der Waals surface area (Å²) >= 11 is 3.43. The van der Waals surface area contributed by atoms with Crippen molar-refractivity contribution in [1.82, 2.24) is 0 Å². The highest BCUT2D eigenvalue weighted by molar-refractivity contribution is 9.10. The van der Waals surface area contributed by atoms with Gasteiger partial charge in [-0.3, -0.25) is 0 Å². The predicted octanol–water partition coefficient (Wildman–Crippen LogP) is 2.13. The minimum absolute atomic E-state index is 0.366. The van der Waals surface area contributed by atoms with E-state index in [9.17, 15) is 9.90 Å². The first kappa shape index (κ1) is 10.6. The van der Waals surface area contributed by atoms with Gasteiger partial charge in [0.15, 0.2) is 0 Å². The van der Waals surface area contributed by atoms with E-state index in [-0.39, 0.29) is 6.10 Å². The molecule has 0 unspecified atom stereocenters. The summed E-state index contributed by atoms with van der Waals surface area (Å²) in [7, 11) is 0. The van der Waals surface area contributed by atoms with Crippen molar-refractivity contribution in [2.75, 3.05) is 0 Å². The SMILES string of the molecule is O=C=NC1(c2ccccc2Br)CC(O)C1. The molecule has 1 aromatic carbocycles. The van der Waals surface area contributed by atoms with Crippen LogP contribution >= 0.6 is 15.9 Å². The van der Waals surface area contributed by atoms with Gasteiger partial charge in [0.2, 0.25) is 6.08 Å². The fourth-order valence-electron chi connectivity index (χ4n) is 2.02.